The molecule has 0 saturated carbocycles. The van der Waals surface area contributed by atoms with Gasteiger partial charge in [0.25, 0.3) is 0 Å². The van der Waals surface area contributed by atoms with Crippen molar-refractivity contribution in [3.05, 3.63) is 64.7 Å². The molecule has 1 aliphatic rings. The van der Waals surface area contributed by atoms with Crippen molar-refractivity contribution in [3.63, 3.8) is 0 Å². The second-order valence-corrected chi connectivity index (χ2v) is 6.64. The van der Waals surface area contributed by atoms with Crippen LogP contribution < -0.4 is 5.32 Å². The molecule has 0 aliphatic carbocycles. The number of hydrogen-bond acceptors (Lipinski definition) is 2. The lowest BCUT2D eigenvalue weighted by Crippen LogP contribution is -2.41. The standard InChI is InChI=1S/C19H16ClF3N2O2/c20-15-7-2-1-4-12(15)11-25-16(8-9-17(25)26)18(27)24-14-6-3-5-13(10-14)19(21,22)23/h1-7,10,16H,8-9,11H2,(H,24,27). The molecule has 2 aromatic carbocycles. The van der Waals surface area contributed by atoms with Crippen LogP contribution in [0.2, 0.25) is 5.02 Å². The number of halogens is 4. The Bertz CT molecular complexity index is 870. The Labute approximate surface area is 158 Å². The van der Waals surface area contributed by atoms with E-state index >= 15 is 0 Å². The molecule has 1 fully saturated rings. The maximum absolute atomic E-state index is 12.8. The van der Waals surface area contributed by atoms with Gasteiger partial charge in [-0.25, -0.2) is 0 Å². The highest BCUT2D eigenvalue weighted by Crippen LogP contribution is 2.31. The molecule has 0 bridgehead atoms. The molecular weight excluding hydrogens is 381 g/mol. The minimum Gasteiger partial charge on any atom is -0.326 e. The van der Waals surface area contributed by atoms with E-state index < -0.39 is 23.7 Å². The van der Waals surface area contributed by atoms with Gasteiger partial charge in [-0.1, -0.05) is 35.9 Å². The van der Waals surface area contributed by atoms with Crippen LogP contribution in [0.15, 0.2) is 48.5 Å². The number of nitrogens with one attached hydrogen (secondary N) is 1. The lowest BCUT2D eigenvalue weighted by Gasteiger charge is -2.24. The molecule has 142 valence electrons. The summed E-state index contributed by atoms with van der Waals surface area (Å²) in [5.41, 5.74) is -0.117. The molecular formula is C19H16ClF3N2O2. The monoisotopic (exact) mass is 396 g/mol. The van der Waals surface area contributed by atoms with Crippen LogP contribution in [-0.4, -0.2) is 22.8 Å². The van der Waals surface area contributed by atoms with Gasteiger partial charge in [-0.2, -0.15) is 13.2 Å². The third kappa shape index (κ3) is 4.42. The molecule has 1 N–H and O–H groups in total. The summed E-state index contributed by atoms with van der Waals surface area (Å²) in [5, 5.41) is 2.96. The number of anilines is 1. The van der Waals surface area contributed by atoms with Crippen molar-refractivity contribution in [2.75, 3.05) is 5.32 Å². The number of rotatable bonds is 4. The zero-order valence-electron chi connectivity index (χ0n) is 14.1. The first-order valence-electron chi connectivity index (χ1n) is 8.26. The maximum Gasteiger partial charge on any atom is 0.416 e. The normalized spacial score (nSPS) is 17.3. The van der Waals surface area contributed by atoms with Crippen molar-refractivity contribution in [2.24, 2.45) is 0 Å². The average Bonchev–Trinajstić information content (AvgIpc) is 2.97. The third-order valence-corrected chi connectivity index (χ3v) is 4.76. The van der Waals surface area contributed by atoms with E-state index in [1.807, 2.05) is 0 Å². The molecule has 3 rings (SSSR count). The second kappa shape index (κ2) is 7.60. The van der Waals surface area contributed by atoms with Gasteiger partial charge in [-0.3, -0.25) is 9.59 Å². The van der Waals surface area contributed by atoms with E-state index in [4.69, 9.17) is 11.6 Å². The molecule has 0 radical (unpaired) electrons. The number of amides is 2. The van der Waals surface area contributed by atoms with Gasteiger partial charge < -0.3 is 10.2 Å². The minimum atomic E-state index is -4.50. The number of nitrogens with zero attached hydrogens (tertiary/aromatic N) is 1. The molecule has 0 spiro atoms. The number of likely N-dealkylation sites (tertiary alicyclic amines) is 1. The first kappa shape index (κ1) is 19.2. The van der Waals surface area contributed by atoms with Gasteiger partial charge in [0, 0.05) is 23.7 Å². The molecule has 1 heterocycles. The van der Waals surface area contributed by atoms with Crippen molar-refractivity contribution in [1.82, 2.24) is 4.90 Å². The predicted octanol–water partition coefficient (Wildman–Crippen LogP) is 4.49. The number of carbonyl (C=O) groups is 2. The summed E-state index contributed by atoms with van der Waals surface area (Å²) in [5.74, 6) is -0.716. The minimum absolute atomic E-state index is 0.0341. The highest BCUT2D eigenvalue weighted by molar-refractivity contribution is 6.31. The molecule has 8 heteroatoms. The summed E-state index contributed by atoms with van der Waals surface area (Å²) in [6.45, 7) is 0.166. The Morgan fingerprint density at radius 2 is 1.93 bits per heavy atom. The summed E-state index contributed by atoms with van der Waals surface area (Å²) in [4.78, 5) is 26.2. The molecule has 1 unspecified atom stereocenters. The van der Waals surface area contributed by atoms with Crippen LogP contribution >= 0.6 is 11.6 Å². The maximum atomic E-state index is 12.8. The second-order valence-electron chi connectivity index (χ2n) is 6.24. The predicted molar refractivity (Wildman–Crippen MR) is 95.1 cm³/mol. The molecule has 27 heavy (non-hydrogen) atoms. The van der Waals surface area contributed by atoms with Gasteiger partial charge in [0.2, 0.25) is 11.8 Å². The summed E-state index contributed by atoms with van der Waals surface area (Å²) in [7, 11) is 0. The van der Waals surface area contributed by atoms with Crippen LogP contribution in [0.4, 0.5) is 18.9 Å². The van der Waals surface area contributed by atoms with E-state index in [0.717, 1.165) is 12.1 Å². The molecule has 2 amide bonds. The zero-order valence-corrected chi connectivity index (χ0v) is 14.8. The fourth-order valence-corrected chi connectivity index (χ4v) is 3.21. The van der Waals surface area contributed by atoms with Gasteiger partial charge in [0.1, 0.15) is 6.04 Å². The highest BCUT2D eigenvalue weighted by atomic mass is 35.5. The van der Waals surface area contributed by atoms with E-state index in [1.54, 1.807) is 24.3 Å². The third-order valence-electron chi connectivity index (χ3n) is 4.39. The van der Waals surface area contributed by atoms with Crippen molar-refractivity contribution in [3.8, 4) is 0 Å². The number of benzene rings is 2. The molecule has 0 aromatic heterocycles. The fraction of sp³-hybridized carbons (Fsp3) is 0.263. The largest absolute Gasteiger partial charge is 0.416 e. The summed E-state index contributed by atoms with van der Waals surface area (Å²) >= 11 is 6.12. The van der Waals surface area contributed by atoms with Crippen LogP contribution in [0.25, 0.3) is 0 Å². The van der Waals surface area contributed by atoms with Gasteiger partial charge >= 0.3 is 6.18 Å². The Balaban J connectivity index is 1.75. The summed E-state index contributed by atoms with van der Waals surface area (Å²) in [6, 6.07) is 10.6. The molecule has 2 aromatic rings. The SMILES string of the molecule is O=C(Nc1cccc(C(F)(F)F)c1)C1CCC(=O)N1Cc1ccccc1Cl. The lowest BCUT2D eigenvalue weighted by molar-refractivity contribution is -0.137. The summed E-state index contributed by atoms with van der Waals surface area (Å²) in [6.07, 6.45) is -4.00. The van der Waals surface area contributed by atoms with Crippen molar-refractivity contribution in [1.29, 1.82) is 0 Å². The van der Waals surface area contributed by atoms with Crippen molar-refractivity contribution in [2.45, 2.75) is 31.6 Å². The number of alkyl halides is 3. The summed E-state index contributed by atoms with van der Waals surface area (Å²) < 4.78 is 38.5. The van der Waals surface area contributed by atoms with Crippen LogP contribution in [0.3, 0.4) is 0 Å². The van der Waals surface area contributed by atoms with E-state index in [-0.39, 0.29) is 24.6 Å². The number of hydrogen-bond donors (Lipinski definition) is 1. The van der Waals surface area contributed by atoms with E-state index in [0.29, 0.717) is 17.0 Å². The smallest absolute Gasteiger partial charge is 0.326 e. The first-order chi connectivity index (χ1) is 12.8. The van der Waals surface area contributed by atoms with Crippen molar-refractivity contribution >= 4 is 29.1 Å². The van der Waals surface area contributed by atoms with Gasteiger partial charge in [0.15, 0.2) is 0 Å². The fourth-order valence-electron chi connectivity index (χ4n) is 3.01. The van der Waals surface area contributed by atoms with Crippen LogP contribution in [0.1, 0.15) is 24.0 Å². The molecule has 1 atom stereocenters. The molecule has 1 saturated heterocycles. The Hall–Kier alpha value is -2.54. The van der Waals surface area contributed by atoms with Crippen LogP contribution in [0, 0.1) is 0 Å². The van der Waals surface area contributed by atoms with Crippen molar-refractivity contribution < 1.29 is 22.8 Å². The first-order valence-corrected chi connectivity index (χ1v) is 8.64. The van der Waals surface area contributed by atoms with Gasteiger partial charge in [0.05, 0.1) is 5.56 Å². The Morgan fingerprint density at radius 3 is 2.63 bits per heavy atom. The average molecular weight is 397 g/mol. The highest BCUT2D eigenvalue weighted by Gasteiger charge is 2.36. The van der Waals surface area contributed by atoms with E-state index in [1.165, 1.54) is 17.0 Å². The van der Waals surface area contributed by atoms with E-state index in [9.17, 15) is 22.8 Å². The van der Waals surface area contributed by atoms with E-state index in [2.05, 4.69) is 5.32 Å². The van der Waals surface area contributed by atoms with Gasteiger partial charge in [-0.05, 0) is 36.2 Å². The van der Waals surface area contributed by atoms with Crippen LogP contribution in [-0.2, 0) is 22.3 Å². The molecule has 4 nitrogen and oxygen atoms in total. The van der Waals surface area contributed by atoms with Crippen LogP contribution in [0.5, 0.6) is 0 Å². The number of carbonyl (C=O) groups excluding carboxylic acids is 2. The topological polar surface area (TPSA) is 49.4 Å². The lowest BCUT2D eigenvalue weighted by atomic mass is 10.1. The molecule has 1 aliphatic heterocycles. The quantitative estimate of drug-likeness (QED) is 0.827. The Kier molecular flexibility index (Phi) is 5.41. The Morgan fingerprint density at radius 1 is 1.19 bits per heavy atom. The van der Waals surface area contributed by atoms with Gasteiger partial charge in [-0.15, -0.1) is 0 Å². The zero-order chi connectivity index (χ0) is 19.6.